The average Bonchev–Trinajstić information content (AvgIpc) is 3.14. The largest absolute Gasteiger partial charge is 0.460 e. The van der Waals surface area contributed by atoms with E-state index in [4.69, 9.17) is 16.3 Å². The van der Waals surface area contributed by atoms with Gasteiger partial charge in [0.15, 0.2) is 11.2 Å². The zero-order chi connectivity index (χ0) is 24.6. The van der Waals surface area contributed by atoms with Gasteiger partial charge in [-0.15, -0.1) is 0 Å². The van der Waals surface area contributed by atoms with Gasteiger partial charge in [-0.05, 0) is 35.4 Å². The summed E-state index contributed by atoms with van der Waals surface area (Å²) < 4.78 is 40.7. The summed E-state index contributed by atoms with van der Waals surface area (Å²) in [4.78, 5) is 29.8. The fourth-order valence-electron chi connectivity index (χ4n) is 3.51. The van der Waals surface area contributed by atoms with Crippen LogP contribution in [0.3, 0.4) is 0 Å². The topological polar surface area (TPSA) is 80.3 Å². The summed E-state index contributed by atoms with van der Waals surface area (Å²) in [5.41, 5.74) is 0.691. The maximum absolute atomic E-state index is 13.2. The Morgan fingerprint density at radius 2 is 1.74 bits per heavy atom. The van der Waals surface area contributed by atoms with E-state index in [1.54, 1.807) is 41.0 Å². The summed E-state index contributed by atoms with van der Waals surface area (Å²) in [5.74, 6) is -0.0143. The third-order valence-electron chi connectivity index (χ3n) is 5.13. The van der Waals surface area contributed by atoms with Gasteiger partial charge >= 0.3 is 11.8 Å². The van der Waals surface area contributed by atoms with Gasteiger partial charge in [0, 0.05) is 26.0 Å². The van der Waals surface area contributed by atoms with Gasteiger partial charge in [0.05, 0.1) is 6.54 Å². The van der Waals surface area contributed by atoms with Crippen LogP contribution in [0.1, 0.15) is 18.1 Å². The van der Waals surface area contributed by atoms with Crippen molar-refractivity contribution >= 4 is 22.8 Å². The summed E-state index contributed by atoms with van der Waals surface area (Å²) in [6.07, 6.45) is -3.32. The van der Waals surface area contributed by atoms with Crippen LogP contribution in [-0.2, 0) is 27.2 Å². The highest BCUT2D eigenvalue weighted by atomic mass is 35.5. The van der Waals surface area contributed by atoms with Gasteiger partial charge in [-0.25, -0.2) is 4.79 Å². The molecule has 2 heterocycles. The molecule has 0 N–H and O–H groups in total. The minimum absolute atomic E-state index is 0.0143. The molecule has 11 heteroatoms. The Morgan fingerprint density at radius 3 is 2.41 bits per heavy atom. The summed E-state index contributed by atoms with van der Waals surface area (Å²) in [5, 5.41) is 0.564. The van der Waals surface area contributed by atoms with Crippen LogP contribution in [-0.4, -0.2) is 24.8 Å². The van der Waals surface area contributed by atoms with Crippen LogP contribution in [0, 0.1) is 0 Å². The van der Waals surface area contributed by atoms with E-state index in [0.717, 1.165) is 10.1 Å². The summed E-state index contributed by atoms with van der Waals surface area (Å²) in [7, 11) is 2.90. The minimum Gasteiger partial charge on any atom is -0.460 e. The number of aromatic nitrogens is 4. The Hall–Kier alpha value is -3.66. The van der Waals surface area contributed by atoms with E-state index in [2.05, 4.69) is 9.72 Å². The summed E-state index contributed by atoms with van der Waals surface area (Å²) in [6.45, 7) is 0.840. The van der Waals surface area contributed by atoms with Crippen LogP contribution >= 0.6 is 11.6 Å². The Morgan fingerprint density at radius 1 is 1.03 bits per heavy atom. The first kappa shape index (κ1) is 23.5. The van der Waals surface area contributed by atoms with Crippen LogP contribution in [0.2, 0.25) is 5.02 Å². The molecule has 0 fully saturated rings. The number of aryl methyl sites for hydroxylation is 1. The van der Waals surface area contributed by atoms with Crippen molar-refractivity contribution < 1.29 is 18.3 Å². The van der Waals surface area contributed by atoms with Gasteiger partial charge in [-0.3, -0.25) is 18.5 Å². The predicted octanol–water partition coefficient (Wildman–Crippen LogP) is 3.71. The van der Waals surface area contributed by atoms with Crippen molar-refractivity contribution in [1.29, 1.82) is 0 Å². The molecule has 0 aliphatic rings. The molecule has 34 heavy (non-hydrogen) atoms. The molecule has 0 radical (unpaired) electrons. The molecule has 8 nitrogen and oxygen atoms in total. The molecule has 0 atom stereocenters. The van der Waals surface area contributed by atoms with Gasteiger partial charge in [-0.2, -0.15) is 13.8 Å². The van der Waals surface area contributed by atoms with E-state index >= 15 is 0 Å². The molecule has 2 aromatic heterocycles. The molecule has 0 bridgehead atoms. The lowest BCUT2D eigenvalue weighted by Crippen LogP contribution is -2.37. The molecule has 4 aromatic rings. The SMILES string of the molecule is Cn1c(=O)c2c(nc(OCc3cccc(OC(C)(F)F)c3)n2Cc2ccc(Cl)cc2)n(C)c1=O. The maximum atomic E-state index is 13.2. The minimum atomic E-state index is -3.32. The van der Waals surface area contributed by atoms with Crippen LogP contribution < -0.4 is 20.7 Å². The zero-order valence-corrected chi connectivity index (χ0v) is 19.3. The maximum Gasteiger partial charge on any atom is 0.394 e. The number of halogens is 3. The molecule has 4 rings (SSSR count). The fraction of sp³-hybridized carbons (Fsp3) is 0.261. The smallest absolute Gasteiger partial charge is 0.394 e. The molecule has 0 aliphatic carbocycles. The molecule has 0 unspecified atom stereocenters. The standard InChI is InChI=1S/C23H21ClF2N4O4/c1-23(25,26)34-17-6-4-5-15(11-17)13-33-21-27-19-18(20(31)29(3)22(32)28(19)2)30(21)12-14-7-9-16(24)10-8-14/h4-11H,12-13H2,1-3H3. The number of nitrogens with zero attached hydrogens (tertiary/aromatic N) is 4. The molecule has 0 saturated heterocycles. The van der Waals surface area contributed by atoms with Crippen LogP contribution in [0.4, 0.5) is 8.78 Å². The lowest BCUT2D eigenvalue weighted by molar-refractivity contribution is -0.159. The average molecular weight is 491 g/mol. The number of alkyl halides is 2. The molecule has 2 aromatic carbocycles. The summed E-state index contributed by atoms with van der Waals surface area (Å²) >= 11 is 5.98. The van der Waals surface area contributed by atoms with Gasteiger partial charge in [0.2, 0.25) is 0 Å². The Balaban J connectivity index is 1.74. The molecule has 0 saturated carbocycles. The number of benzene rings is 2. The third-order valence-corrected chi connectivity index (χ3v) is 5.38. The fourth-order valence-corrected chi connectivity index (χ4v) is 3.64. The number of hydrogen-bond acceptors (Lipinski definition) is 5. The summed E-state index contributed by atoms with van der Waals surface area (Å²) in [6, 6.07) is 13.2. The Kier molecular flexibility index (Phi) is 6.18. The van der Waals surface area contributed by atoms with Crippen LogP contribution in [0.25, 0.3) is 11.2 Å². The first-order valence-electron chi connectivity index (χ1n) is 10.2. The lowest BCUT2D eigenvalue weighted by atomic mass is 10.2. The van der Waals surface area contributed by atoms with Crippen molar-refractivity contribution in [1.82, 2.24) is 18.7 Å². The number of ether oxygens (including phenoxy) is 2. The first-order chi connectivity index (χ1) is 16.0. The second-order valence-electron chi connectivity index (χ2n) is 7.83. The third kappa shape index (κ3) is 4.81. The number of hydrogen-bond donors (Lipinski definition) is 0. The van der Waals surface area contributed by atoms with Gasteiger partial charge < -0.3 is 9.47 Å². The van der Waals surface area contributed by atoms with Crippen molar-refractivity contribution in [3.63, 3.8) is 0 Å². The van der Waals surface area contributed by atoms with Crippen molar-refractivity contribution in [3.05, 3.63) is 85.5 Å². The first-order valence-corrected chi connectivity index (χ1v) is 10.6. The Bertz CT molecular complexity index is 1470. The molecular weight excluding hydrogens is 470 g/mol. The Labute approximate surface area is 197 Å². The van der Waals surface area contributed by atoms with E-state index < -0.39 is 17.4 Å². The molecule has 0 spiro atoms. The highest BCUT2D eigenvalue weighted by Crippen LogP contribution is 2.24. The van der Waals surface area contributed by atoms with Gasteiger partial charge in [0.1, 0.15) is 12.4 Å². The van der Waals surface area contributed by atoms with E-state index in [1.807, 2.05) is 0 Å². The number of rotatable bonds is 7. The highest BCUT2D eigenvalue weighted by molar-refractivity contribution is 6.30. The van der Waals surface area contributed by atoms with Crippen molar-refractivity contribution in [2.75, 3.05) is 0 Å². The van der Waals surface area contributed by atoms with E-state index in [1.165, 1.54) is 30.8 Å². The number of fused-ring (bicyclic) bond motifs is 1. The molecule has 178 valence electrons. The molecule has 0 amide bonds. The van der Waals surface area contributed by atoms with Crippen LogP contribution in [0.15, 0.2) is 58.1 Å². The van der Waals surface area contributed by atoms with Crippen LogP contribution in [0.5, 0.6) is 11.8 Å². The normalized spacial score (nSPS) is 11.7. The number of imidazole rings is 1. The zero-order valence-electron chi connectivity index (χ0n) is 18.6. The molecule has 0 aliphatic heterocycles. The highest BCUT2D eigenvalue weighted by Gasteiger charge is 2.23. The van der Waals surface area contributed by atoms with E-state index in [0.29, 0.717) is 17.5 Å². The van der Waals surface area contributed by atoms with Crippen molar-refractivity contribution in [2.45, 2.75) is 26.2 Å². The van der Waals surface area contributed by atoms with Crippen molar-refractivity contribution in [3.8, 4) is 11.8 Å². The van der Waals surface area contributed by atoms with Gasteiger partial charge in [-0.1, -0.05) is 35.9 Å². The lowest BCUT2D eigenvalue weighted by Gasteiger charge is -2.14. The second kappa shape index (κ2) is 8.94. The van der Waals surface area contributed by atoms with Crippen molar-refractivity contribution in [2.24, 2.45) is 14.1 Å². The second-order valence-corrected chi connectivity index (χ2v) is 8.27. The van der Waals surface area contributed by atoms with E-state index in [9.17, 15) is 18.4 Å². The predicted molar refractivity (Wildman–Crippen MR) is 123 cm³/mol. The monoisotopic (exact) mass is 490 g/mol. The van der Waals surface area contributed by atoms with Gasteiger partial charge in [0.25, 0.3) is 11.6 Å². The quantitative estimate of drug-likeness (QED) is 0.394. The molecular formula is C23H21ClF2N4O4. The van der Waals surface area contributed by atoms with E-state index in [-0.39, 0.29) is 36.1 Å².